The largest absolute Gasteiger partial charge is 0.356 e. The molecule has 3 nitrogen and oxygen atoms in total. The molecule has 0 aromatic rings. The van der Waals surface area contributed by atoms with Crippen molar-refractivity contribution in [3.8, 4) is 0 Å². The first kappa shape index (κ1) is 23.0. The number of hydrogen-bond donors (Lipinski definition) is 2. The zero-order chi connectivity index (χ0) is 14.9. The Bertz CT molecular complexity index is 213. The summed E-state index contributed by atoms with van der Waals surface area (Å²) < 4.78 is 0. The maximum absolute atomic E-state index is 11.4. The Labute approximate surface area is 138 Å². The number of carbonyl (C=O) groups is 1. The van der Waals surface area contributed by atoms with Crippen molar-refractivity contribution in [1.29, 1.82) is 0 Å². The Morgan fingerprint density at radius 1 is 0.810 bits per heavy atom. The summed E-state index contributed by atoms with van der Waals surface area (Å²) in [5, 5.41) is 2.90. The van der Waals surface area contributed by atoms with Crippen LogP contribution in [0.3, 0.4) is 0 Å². The smallest absolute Gasteiger partial charge is 0.219 e. The van der Waals surface area contributed by atoms with E-state index in [0.29, 0.717) is 13.0 Å². The molecular weight excluding hydrogens is 284 g/mol. The molecule has 0 heterocycles. The van der Waals surface area contributed by atoms with Gasteiger partial charge in [0.2, 0.25) is 5.91 Å². The van der Waals surface area contributed by atoms with E-state index < -0.39 is 0 Å². The third kappa shape index (κ3) is 19.7. The molecule has 0 aliphatic rings. The molecule has 0 aromatic carbocycles. The number of carbonyl (C=O) groups excluding carboxylic acids is 1. The summed E-state index contributed by atoms with van der Waals surface area (Å²) >= 11 is 0. The monoisotopic (exact) mass is 320 g/mol. The fourth-order valence-electron chi connectivity index (χ4n) is 2.37. The van der Waals surface area contributed by atoms with Crippen LogP contribution < -0.4 is 11.1 Å². The van der Waals surface area contributed by atoms with Crippen LogP contribution >= 0.6 is 12.4 Å². The van der Waals surface area contributed by atoms with Crippen molar-refractivity contribution < 1.29 is 4.79 Å². The quantitative estimate of drug-likeness (QED) is 0.434. The van der Waals surface area contributed by atoms with Crippen LogP contribution in [0, 0.1) is 0 Å². The molecule has 0 fully saturated rings. The van der Waals surface area contributed by atoms with Gasteiger partial charge in [-0.25, -0.2) is 0 Å². The molecule has 0 aliphatic carbocycles. The van der Waals surface area contributed by atoms with Gasteiger partial charge in [0.05, 0.1) is 0 Å². The second-order valence-corrected chi connectivity index (χ2v) is 5.78. The zero-order valence-corrected chi connectivity index (χ0v) is 14.8. The van der Waals surface area contributed by atoms with E-state index >= 15 is 0 Å². The Morgan fingerprint density at radius 3 is 1.76 bits per heavy atom. The van der Waals surface area contributed by atoms with Gasteiger partial charge in [0, 0.05) is 13.0 Å². The average Bonchev–Trinajstić information content (AvgIpc) is 2.45. The van der Waals surface area contributed by atoms with Crippen molar-refractivity contribution in [2.24, 2.45) is 5.73 Å². The van der Waals surface area contributed by atoms with Crippen molar-refractivity contribution >= 4 is 18.3 Å². The van der Waals surface area contributed by atoms with E-state index in [2.05, 4.69) is 12.2 Å². The third-order valence-corrected chi connectivity index (χ3v) is 3.71. The fraction of sp³-hybridized carbons (Fsp3) is 0.941. The molecule has 0 aromatic heterocycles. The molecule has 0 atom stereocenters. The zero-order valence-electron chi connectivity index (χ0n) is 14.0. The maximum Gasteiger partial charge on any atom is 0.219 e. The second kappa shape index (κ2) is 19.7. The van der Waals surface area contributed by atoms with E-state index in [4.69, 9.17) is 5.73 Å². The predicted molar refractivity (Wildman–Crippen MR) is 95.0 cm³/mol. The Morgan fingerprint density at radius 2 is 1.29 bits per heavy atom. The highest BCUT2D eigenvalue weighted by Crippen LogP contribution is 2.11. The lowest BCUT2D eigenvalue weighted by atomic mass is 10.1. The Balaban J connectivity index is 0. The van der Waals surface area contributed by atoms with Crippen LogP contribution in [0.5, 0.6) is 0 Å². The number of amides is 1. The van der Waals surface area contributed by atoms with E-state index in [0.717, 1.165) is 19.4 Å². The van der Waals surface area contributed by atoms with Crippen molar-refractivity contribution in [2.45, 2.75) is 90.4 Å². The fourth-order valence-corrected chi connectivity index (χ4v) is 2.37. The molecule has 0 spiro atoms. The van der Waals surface area contributed by atoms with Crippen LogP contribution in [0.4, 0.5) is 0 Å². The summed E-state index contributed by atoms with van der Waals surface area (Å²) in [7, 11) is 0. The van der Waals surface area contributed by atoms with Gasteiger partial charge in [0.25, 0.3) is 0 Å². The van der Waals surface area contributed by atoms with E-state index in [9.17, 15) is 4.79 Å². The molecule has 3 N–H and O–H groups in total. The number of nitrogens with one attached hydrogen (secondary N) is 1. The van der Waals surface area contributed by atoms with Gasteiger partial charge in [-0.2, -0.15) is 0 Å². The Kier molecular flexibility index (Phi) is 21.6. The number of hydrogen-bond acceptors (Lipinski definition) is 2. The minimum atomic E-state index is 0. The molecule has 4 heteroatoms. The van der Waals surface area contributed by atoms with Gasteiger partial charge >= 0.3 is 0 Å². The molecule has 21 heavy (non-hydrogen) atoms. The molecule has 0 unspecified atom stereocenters. The van der Waals surface area contributed by atoms with Gasteiger partial charge in [0.1, 0.15) is 0 Å². The highest BCUT2D eigenvalue weighted by molar-refractivity contribution is 5.85. The molecule has 128 valence electrons. The number of nitrogens with two attached hydrogens (primary N) is 1. The number of rotatable bonds is 15. The number of unbranched alkanes of at least 4 members (excludes halogenated alkanes) is 10. The first-order chi connectivity index (χ1) is 9.81. The van der Waals surface area contributed by atoms with E-state index in [-0.39, 0.29) is 18.3 Å². The van der Waals surface area contributed by atoms with Gasteiger partial charge in [-0.3, -0.25) is 4.79 Å². The van der Waals surface area contributed by atoms with Crippen molar-refractivity contribution in [1.82, 2.24) is 5.32 Å². The molecular formula is C17H37ClN2O. The average molecular weight is 321 g/mol. The SMILES string of the molecule is CCCCCCCCCCCCCC(=O)NCCCN.Cl. The molecule has 0 bridgehead atoms. The predicted octanol–water partition coefficient (Wildman–Crippen LogP) is 4.57. The van der Waals surface area contributed by atoms with Crippen LogP contribution in [0.15, 0.2) is 0 Å². The summed E-state index contributed by atoms with van der Waals surface area (Å²) in [4.78, 5) is 11.4. The minimum Gasteiger partial charge on any atom is -0.356 e. The van der Waals surface area contributed by atoms with Crippen LogP contribution in [-0.4, -0.2) is 19.0 Å². The van der Waals surface area contributed by atoms with Crippen molar-refractivity contribution in [3.05, 3.63) is 0 Å². The molecule has 0 aliphatic heterocycles. The van der Waals surface area contributed by atoms with Gasteiger partial charge in [-0.05, 0) is 19.4 Å². The summed E-state index contributed by atoms with van der Waals surface area (Å²) in [5.41, 5.74) is 5.38. The molecule has 0 saturated heterocycles. The van der Waals surface area contributed by atoms with E-state index in [1.165, 1.54) is 64.2 Å². The van der Waals surface area contributed by atoms with Gasteiger partial charge in [-0.1, -0.05) is 71.1 Å². The second-order valence-electron chi connectivity index (χ2n) is 5.78. The molecule has 0 radical (unpaired) electrons. The highest BCUT2D eigenvalue weighted by Gasteiger charge is 1.99. The van der Waals surface area contributed by atoms with Crippen LogP contribution in [-0.2, 0) is 4.79 Å². The minimum absolute atomic E-state index is 0. The summed E-state index contributed by atoms with van der Waals surface area (Å²) in [6, 6.07) is 0. The van der Waals surface area contributed by atoms with E-state index in [1.807, 2.05) is 0 Å². The van der Waals surface area contributed by atoms with Gasteiger partial charge in [0.15, 0.2) is 0 Å². The van der Waals surface area contributed by atoms with Crippen molar-refractivity contribution in [2.75, 3.05) is 13.1 Å². The lowest BCUT2D eigenvalue weighted by molar-refractivity contribution is -0.121. The van der Waals surface area contributed by atoms with Crippen LogP contribution in [0.25, 0.3) is 0 Å². The Hall–Kier alpha value is -0.280. The van der Waals surface area contributed by atoms with Crippen LogP contribution in [0.2, 0.25) is 0 Å². The number of halogens is 1. The standard InChI is InChI=1S/C17H36N2O.ClH/c1-2-3-4-5-6-7-8-9-10-11-12-14-17(20)19-16-13-15-18;/h2-16,18H2,1H3,(H,19,20);1H. The van der Waals surface area contributed by atoms with E-state index in [1.54, 1.807) is 0 Å². The van der Waals surface area contributed by atoms with Crippen LogP contribution in [0.1, 0.15) is 90.4 Å². The topological polar surface area (TPSA) is 55.1 Å². The van der Waals surface area contributed by atoms with Gasteiger partial charge < -0.3 is 11.1 Å². The summed E-state index contributed by atoms with van der Waals surface area (Å²) in [6.45, 7) is 3.64. The molecule has 1 amide bonds. The van der Waals surface area contributed by atoms with Gasteiger partial charge in [-0.15, -0.1) is 12.4 Å². The first-order valence-electron chi connectivity index (χ1n) is 8.78. The first-order valence-corrected chi connectivity index (χ1v) is 8.78. The maximum atomic E-state index is 11.4. The normalized spacial score (nSPS) is 10.2. The lowest BCUT2D eigenvalue weighted by Crippen LogP contribution is -2.25. The summed E-state index contributed by atoms with van der Waals surface area (Å²) in [6.07, 6.45) is 16.1. The lowest BCUT2D eigenvalue weighted by Gasteiger charge is -2.04. The van der Waals surface area contributed by atoms with Crippen molar-refractivity contribution in [3.63, 3.8) is 0 Å². The molecule has 0 saturated carbocycles. The highest BCUT2D eigenvalue weighted by atomic mass is 35.5. The third-order valence-electron chi connectivity index (χ3n) is 3.71. The summed E-state index contributed by atoms with van der Waals surface area (Å²) in [5.74, 6) is 0.189. The molecule has 0 rings (SSSR count).